The van der Waals surface area contributed by atoms with Gasteiger partial charge in [0.25, 0.3) is 11.4 Å². The van der Waals surface area contributed by atoms with Crippen LogP contribution >= 0.6 is 0 Å². The predicted molar refractivity (Wildman–Crippen MR) is 96.5 cm³/mol. The molecular formula is C18H15N3O4. The van der Waals surface area contributed by atoms with Crippen molar-refractivity contribution in [3.63, 3.8) is 0 Å². The molecule has 3 aromatic carbocycles. The molecule has 0 atom stereocenters. The summed E-state index contributed by atoms with van der Waals surface area (Å²) in [5.41, 5.74) is 2.28. The van der Waals surface area contributed by atoms with Crippen LogP contribution in [0.2, 0.25) is 0 Å². The van der Waals surface area contributed by atoms with E-state index in [2.05, 4.69) is 5.32 Å². The molecule has 0 aliphatic heterocycles. The van der Waals surface area contributed by atoms with Crippen molar-refractivity contribution in [2.45, 2.75) is 13.8 Å². The van der Waals surface area contributed by atoms with Crippen molar-refractivity contribution in [1.82, 2.24) is 0 Å². The zero-order valence-electron chi connectivity index (χ0n) is 13.6. The Morgan fingerprint density at radius 2 is 1.48 bits per heavy atom. The first-order valence-electron chi connectivity index (χ1n) is 7.57. The van der Waals surface area contributed by atoms with Gasteiger partial charge in [0.2, 0.25) is 0 Å². The van der Waals surface area contributed by atoms with Crippen molar-refractivity contribution < 1.29 is 9.85 Å². The molecule has 0 heterocycles. The van der Waals surface area contributed by atoms with Gasteiger partial charge in [0, 0.05) is 11.1 Å². The number of nitro groups is 2. The van der Waals surface area contributed by atoms with E-state index in [1.165, 1.54) is 0 Å². The summed E-state index contributed by atoms with van der Waals surface area (Å²) in [7, 11) is 0. The minimum absolute atomic E-state index is 0.250. The van der Waals surface area contributed by atoms with Gasteiger partial charge in [-0.2, -0.15) is 0 Å². The lowest BCUT2D eigenvalue weighted by Gasteiger charge is -2.13. The second kappa shape index (κ2) is 6.20. The standard InChI is InChI=1S/C18H15N3O4/c1-11-7-8-12(2)15(9-11)19-18-14-6-4-3-5-13(14)16(20(22)23)10-17(18)21(24)25/h3-10,19H,1-2H3. The Morgan fingerprint density at radius 1 is 0.840 bits per heavy atom. The number of non-ortho nitro benzene ring substituents is 1. The molecule has 0 amide bonds. The lowest BCUT2D eigenvalue weighted by molar-refractivity contribution is -0.392. The summed E-state index contributed by atoms with van der Waals surface area (Å²) in [5.74, 6) is 0. The lowest BCUT2D eigenvalue weighted by atomic mass is 10.0. The molecule has 0 radical (unpaired) electrons. The SMILES string of the molecule is Cc1ccc(C)c(Nc2c([N+](=O)[O-])cc([N+](=O)[O-])c3ccccc23)c1. The highest BCUT2D eigenvalue weighted by molar-refractivity contribution is 6.05. The number of benzene rings is 3. The van der Waals surface area contributed by atoms with E-state index in [0.29, 0.717) is 10.8 Å². The fraction of sp³-hybridized carbons (Fsp3) is 0.111. The van der Waals surface area contributed by atoms with Gasteiger partial charge in [-0.25, -0.2) is 0 Å². The van der Waals surface area contributed by atoms with Crippen LogP contribution in [-0.2, 0) is 0 Å². The minimum atomic E-state index is -0.604. The van der Waals surface area contributed by atoms with Gasteiger partial charge in [-0.05, 0) is 37.1 Å². The van der Waals surface area contributed by atoms with Crippen LogP contribution in [0.25, 0.3) is 10.8 Å². The molecule has 0 spiro atoms. The van der Waals surface area contributed by atoms with Crippen LogP contribution in [0.4, 0.5) is 22.7 Å². The number of fused-ring (bicyclic) bond motifs is 1. The van der Waals surface area contributed by atoms with Crippen LogP contribution in [0.1, 0.15) is 11.1 Å². The van der Waals surface area contributed by atoms with Gasteiger partial charge in [0.1, 0.15) is 5.69 Å². The summed E-state index contributed by atoms with van der Waals surface area (Å²) in [6.07, 6.45) is 0. The number of hydrogen-bond acceptors (Lipinski definition) is 5. The number of nitrogens with one attached hydrogen (secondary N) is 1. The van der Waals surface area contributed by atoms with E-state index in [9.17, 15) is 20.2 Å². The van der Waals surface area contributed by atoms with Crippen LogP contribution in [0.3, 0.4) is 0 Å². The molecule has 3 rings (SSSR count). The highest BCUT2D eigenvalue weighted by atomic mass is 16.6. The molecule has 0 unspecified atom stereocenters. The Kier molecular flexibility index (Phi) is 4.06. The Morgan fingerprint density at radius 3 is 2.12 bits per heavy atom. The third-order valence-corrected chi connectivity index (χ3v) is 4.05. The molecule has 0 fully saturated rings. The summed E-state index contributed by atoms with van der Waals surface area (Å²) < 4.78 is 0. The van der Waals surface area contributed by atoms with Gasteiger partial charge in [-0.3, -0.25) is 20.2 Å². The minimum Gasteiger partial charge on any atom is -0.349 e. The van der Waals surface area contributed by atoms with Crippen LogP contribution < -0.4 is 5.32 Å². The zero-order valence-corrected chi connectivity index (χ0v) is 13.6. The maximum atomic E-state index is 11.5. The maximum Gasteiger partial charge on any atom is 0.300 e. The van der Waals surface area contributed by atoms with Crippen molar-refractivity contribution in [1.29, 1.82) is 0 Å². The third-order valence-electron chi connectivity index (χ3n) is 4.05. The molecule has 7 nitrogen and oxygen atoms in total. The number of anilines is 2. The van der Waals surface area contributed by atoms with E-state index >= 15 is 0 Å². The van der Waals surface area contributed by atoms with Crippen molar-refractivity contribution >= 4 is 33.5 Å². The maximum absolute atomic E-state index is 11.5. The second-order valence-electron chi connectivity index (χ2n) is 5.79. The number of rotatable bonds is 4. The quantitative estimate of drug-likeness (QED) is 0.532. The van der Waals surface area contributed by atoms with E-state index < -0.39 is 9.85 Å². The van der Waals surface area contributed by atoms with Crippen LogP contribution in [0.5, 0.6) is 0 Å². The summed E-state index contributed by atoms with van der Waals surface area (Å²) in [5, 5.41) is 26.7. The fourth-order valence-corrected chi connectivity index (χ4v) is 2.77. The average molecular weight is 337 g/mol. The molecule has 3 aromatic rings. The molecule has 7 heteroatoms. The molecule has 0 bridgehead atoms. The first-order chi connectivity index (χ1) is 11.9. The summed E-state index contributed by atoms with van der Waals surface area (Å²) in [6, 6.07) is 13.4. The Balaban J connectivity index is 2.31. The summed E-state index contributed by atoms with van der Waals surface area (Å²) in [4.78, 5) is 21.6. The van der Waals surface area contributed by atoms with Gasteiger partial charge in [0.05, 0.1) is 21.3 Å². The Bertz CT molecular complexity index is 1010. The van der Waals surface area contributed by atoms with Crippen LogP contribution in [0, 0.1) is 34.1 Å². The molecule has 1 N–H and O–H groups in total. The first-order valence-corrected chi connectivity index (χ1v) is 7.57. The molecule has 0 saturated heterocycles. The first kappa shape index (κ1) is 16.4. The topological polar surface area (TPSA) is 98.3 Å². The van der Waals surface area contributed by atoms with E-state index in [0.717, 1.165) is 22.9 Å². The molecular weight excluding hydrogens is 322 g/mol. The monoisotopic (exact) mass is 337 g/mol. The average Bonchev–Trinajstić information content (AvgIpc) is 2.57. The summed E-state index contributed by atoms with van der Waals surface area (Å²) >= 11 is 0. The number of nitro benzene ring substituents is 2. The van der Waals surface area contributed by atoms with Crippen LogP contribution in [0.15, 0.2) is 48.5 Å². The molecule has 126 valence electrons. The predicted octanol–water partition coefficient (Wildman–Crippen LogP) is 5.02. The second-order valence-corrected chi connectivity index (χ2v) is 5.79. The third kappa shape index (κ3) is 2.99. The van der Waals surface area contributed by atoms with Gasteiger partial charge in [-0.15, -0.1) is 0 Å². The number of nitrogens with zero attached hydrogens (tertiary/aromatic N) is 2. The molecule has 0 saturated carbocycles. The van der Waals surface area contributed by atoms with E-state index in [1.54, 1.807) is 24.3 Å². The van der Waals surface area contributed by atoms with Gasteiger partial charge < -0.3 is 5.32 Å². The van der Waals surface area contributed by atoms with E-state index in [4.69, 9.17) is 0 Å². The number of aryl methyl sites for hydroxylation is 2. The van der Waals surface area contributed by atoms with E-state index in [1.807, 2.05) is 32.0 Å². The van der Waals surface area contributed by atoms with Crippen molar-refractivity contribution in [3.8, 4) is 0 Å². The highest BCUT2D eigenvalue weighted by Gasteiger charge is 2.25. The van der Waals surface area contributed by atoms with Crippen LogP contribution in [-0.4, -0.2) is 9.85 Å². The number of hydrogen-bond donors (Lipinski definition) is 1. The van der Waals surface area contributed by atoms with Gasteiger partial charge in [0.15, 0.2) is 0 Å². The van der Waals surface area contributed by atoms with Gasteiger partial charge in [-0.1, -0.05) is 30.3 Å². The zero-order chi connectivity index (χ0) is 18.1. The largest absolute Gasteiger partial charge is 0.349 e. The fourth-order valence-electron chi connectivity index (χ4n) is 2.77. The normalized spacial score (nSPS) is 10.6. The smallest absolute Gasteiger partial charge is 0.300 e. The molecule has 25 heavy (non-hydrogen) atoms. The highest BCUT2D eigenvalue weighted by Crippen LogP contribution is 2.41. The van der Waals surface area contributed by atoms with Crippen molar-refractivity contribution in [2.24, 2.45) is 0 Å². The molecule has 0 aromatic heterocycles. The molecule has 0 aliphatic rings. The van der Waals surface area contributed by atoms with Crippen molar-refractivity contribution in [2.75, 3.05) is 5.32 Å². The van der Waals surface area contributed by atoms with Gasteiger partial charge >= 0.3 is 0 Å². The van der Waals surface area contributed by atoms with Crippen molar-refractivity contribution in [3.05, 3.63) is 79.9 Å². The van der Waals surface area contributed by atoms with E-state index in [-0.39, 0.29) is 17.1 Å². The Labute approximate surface area is 143 Å². The summed E-state index contributed by atoms with van der Waals surface area (Å²) in [6.45, 7) is 3.81. The Hall–Kier alpha value is -3.48. The lowest BCUT2D eigenvalue weighted by Crippen LogP contribution is -2.02. The molecule has 0 aliphatic carbocycles.